The first-order valence-electron chi connectivity index (χ1n) is 8.09. The van der Waals surface area contributed by atoms with Crippen molar-refractivity contribution in [1.29, 1.82) is 0 Å². The van der Waals surface area contributed by atoms with Crippen molar-refractivity contribution in [3.8, 4) is 0 Å². The number of carbonyl (C=O) groups is 2. The molecule has 1 aromatic rings. The van der Waals surface area contributed by atoms with E-state index in [1.54, 1.807) is 11.3 Å². The van der Waals surface area contributed by atoms with Gasteiger partial charge in [0.05, 0.1) is 5.56 Å². The van der Waals surface area contributed by atoms with E-state index in [4.69, 9.17) is 0 Å². The van der Waals surface area contributed by atoms with Gasteiger partial charge in [0, 0.05) is 38.0 Å². The number of thiophene rings is 1. The Morgan fingerprint density at radius 2 is 1.86 bits per heavy atom. The average molecular weight is 321 g/mol. The predicted molar refractivity (Wildman–Crippen MR) is 88.7 cm³/mol. The molecule has 120 valence electrons. The molecule has 0 atom stereocenters. The molecule has 22 heavy (non-hydrogen) atoms. The zero-order chi connectivity index (χ0) is 15.5. The molecule has 1 aliphatic carbocycles. The zero-order valence-electron chi connectivity index (χ0n) is 13.0. The van der Waals surface area contributed by atoms with E-state index in [0.717, 1.165) is 56.0 Å². The molecular weight excluding hydrogens is 298 g/mol. The van der Waals surface area contributed by atoms with Gasteiger partial charge >= 0.3 is 0 Å². The molecule has 3 rings (SSSR count). The van der Waals surface area contributed by atoms with E-state index < -0.39 is 0 Å². The van der Waals surface area contributed by atoms with Gasteiger partial charge in [-0.25, -0.2) is 0 Å². The van der Waals surface area contributed by atoms with Crippen LogP contribution in [0.4, 0.5) is 5.00 Å². The van der Waals surface area contributed by atoms with Gasteiger partial charge in [0.15, 0.2) is 0 Å². The van der Waals surface area contributed by atoms with E-state index in [-0.39, 0.29) is 11.8 Å². The quantitative estimate of drug-likeness (QED) is 0.819. The Bertz CT molecular complexity index is 576. The van der Waals surface area contributed by atoms with Gasteiger partial charge in [0.2, 0.25) is 5.91 Å². The molecule has 1 fully saturated rings. The number of hydrogen-bond acceptors (Lipinski definition) is 4. The number of rotatable bonds is 2. The normalized spacial score (nSPS) is 18.5. The van der Waals surface area contributed by atoms with Crippen LogP contribution in [0.5, 0.6) is 0 Å². The van der Waals surface area contributed by atoms with Gasteiger partial charge in [0.1, 0.15) is 5.00 Å². The number of carbonyl (C=O) groups excluding carboxylic acids is 2. The number of nitrogens with zero attached hydrogens (tertiary/aromatic N) is 1. The van der Waals surface area contributed by atoms with Crippen LogP contribution >= 0.6 is 11.3 Å². The van der Waals surface area contributed by atoms with Crippen molar-refractivity contribution in [2.24, 2.45) is 0 Å². The van der Waals surface area contributed by atoms with Crippen molar-refractivity contribution in [1.82, 2.24) is 10.2 Å². The fraction of sp³-hybridized carbons (Fsp3) is 0.625. The summed E-state index contributed by atoms with van der Waals surface area (Å²) in [4.78, 5) is 27.7. The molecule has 1 aromatic heterocycles. The molecular formula is C16H23N3O2S. The smallest absolute Gasteiger partial charge is 0.257 e. The Labute approximate surface area is 135 Å². The second kappa shape index (κ2) is 6.79. The van der Waals surface area contributed by atoms with Gasteiger partial charge in [-0.15, -0.1) is 11.3 Å². The van der Waals surface area contributed by atoms with Crippen molar-refractivity contribution in [2.45, 2.75) is 39.0 Å². The Kier molecular flexibility index (Phi) is 4.78. The Morgan fingerprint density at radius 1 is 1.14 bits per heavy atom. The molecule has 2 heterocycles. The van der Waals surface area contributed by atoms with Crippen molar-refractivity contribution in [3.63, 3.8) is 0 Å². The minimum absolute atomic E-state index is 0.0876. The summed E-state index contributed by atoms with van der Waals surface area (Å²) in [5, 5.41) is 6.91. The fourth-order valence-electron chi connectivity index (χ4n) is 3.24. The summed E-state index contributed by atoms with van der Waals surface area (Å²) in [5.41, 5.74) is 1.95. The summed E-state index contributed by atoms with van der Waals surface area (Å²) >= 11 is 1.60. The predicted octanol–water partition coefficient (Wildman–Crippen LogP) is 2.02. The van der Waals surface area contributed by atoms with E-state index in [2.05, 4.69) is 10.6 Å². The van der Waals surface area contributed by atoms with Gasteiger partial charge in [0.25, 0.3) is 5.91 Å². The number of nitrogens with one attached hydrogen (secondary N) is 2. The topological polar surface area (TPSA) is 61.4 Å². The first kappa shape index (κ1) is 15.5. The minimum atomic E-state index is -0.106. The van der Waals surface area contributed by atoms with E-state index >= 15 is 0 Å². The lowest BCUT2D eigenvalue weighted by Gasteiger charge is -2.28. The SMILES string of the molecule is CC(=O)Nc1sc2c(c1C(=O)N1CCNCC1)CCCCC2. The number of fused-ring (bicyclic) bond motifs is 1. The molecule has 1 aliphatic heterocycles. The van der Waals surface area contributed by atoms with E-state index in [1.807, 2.05) is 4.90 Å². The van der Waals surface area contributed by atoms with Gasteiger partial charge in [-0.3, -0.25) is 9.59 Å². The number of anilines is 1. The van der Waals surface area contributed by atoms with Crippen molar-refractivity contribution in [3.05, 3.63) is 16.0 Å². The summed E-state index contributed by atoms with van der Waals surface area (Å²) in [7, 11) is 0. The number of amides is 2. The van der Waals surface area contributed by atoms with Crippen LogP contribution in [-0.4, -0.2) is 42.9 Å². The highest BCUT2D eigenvalue weighted by Crippen LogP contribution is 2.38. The van der Waals surface area contributed by atoms with E-state index in [1.165, 1.54) is 30.2 Å². The van der Waals surface area contributed by atoms with Gasteiger partial charge in [-0.05, 0) is 31.2 Å². The average Bonchev–Trinajstić information content (AvgIpc) is 2.68. The van der Waals surface area contributed by atoms with Crippen LogP contribution in [-0.2, 0) is 17.6 Å². The van der Waals surface area contributed by atoms with Crippen LogP contribution in [0.1, 0.15) is 47.0 Å². The van der Waals surface area contributed by atoms with Crippen LogP contribution in [0.15, 0.2) is 0 Å². The second-order valence-electron chi connectivity index (χ2n) is 5.99. The summed E-state index contributed by atoms with van der Waals surface area (Å²) < 4.78 is 0. The Balaban J connectivity index is 1.96. The molecule has 2 N–H and O–H groups in total. The van der Waals surface area contributed by atoms with Crippen molar-refractivity contribution in [2.75, 3.05) is 31.5 Å². The molecule has 0 radical (unpaired) electrons. The Morgan fingerprint density at radius 3 is 2.59 bits per heavy atom. The molecule has 0 spiro atoms. The molecule has 1 saturated heterocycles. The summed E-state index contributed by atoms with van der Waals surface area (Å²) in [5.74, 6) is -0.0181. The van der Waals surface area contributed by atoms with Crippen LogP contribution in [0.3, 0.4) is 0 Å². The van der Waals surface area contributed by atoms with Crippen LogP contribution in [0.25, 0.3) is 0 Å². The monoisotopic (exact) mass is 321 g/mol. The van der Waals surface area contributed by atoms with Crippen molar-refractivity contribution < 1.29 is 9.59 Å². The number of aryl methyl sites for hydroxylation is 1. The molecule has 0 unspecified atom stereocenters. The maximum atomic E-state index is 13.0. The highest BCUT2D eigenvalue weighted by molar-refractivity contribution is 7.17. The third-order valence-electron chi connectivity index (χ3n) is 4.33. The first-order valence-corrected chi connectivity index (χ1v) is 8.90. The standard InChI is InChI=1S/C16H23N3O2S/c1-11(20)18-15-14(16(21)19-9-7-17-8-10-19)12-5-3-2-4-6-13(12)22-15/h17H,2-10H2,1H3,(H,18,20). The molecule has 2 amide bonds. The van der Waals surface area contributed by atoms with Crippen LogP contribution in [0.2, 0.25) is 0 Å². The zero-order valence-corrected chi connectivity index (χ0v) is 13.9. The molecule has 5 nitrogen and oxygen atoms in total. The maximum Gasteiger partial charge on any atom is 0.257 e. The fourth-order valence-corrected chi connectivity index (χ4v) is 4.57. The highest BCUT2D eigenvalue weighted by Gasteiger charge is 2.28. The Hall–Kier alpha value is -1.40. The lowest BCUT2D eigenvalue weighted by molar-refractivity contribution is -0.114. The lowest BCUT2D eigenvalue weighted by atomic mass is 10.0. The number of piperazine rings is 1. The summed E-state index contributed by atoms with van der Waals surface area (Å²) in [6.07, 6.45) is 5.51. The second-order valence-corrected chi connectivity index (χ2v) is 7.10. The van der Waals surface area contributed by atoms with Gasteiger partial charge in [-0.2, -0.15) is 0 Å². The van der Waals surface area contributed by atoms with Crippen molar-refractivity contribution >= 4 is 28.2 Å². The molecule has 0 aromatic carbocycles. The third-order valence-corrected chi connectivity index (χ3v) is 5.54. The molecule has 0 bridgehead atoms. The summed E-state index contributed by atoms with van der Waals surface area (Å²) in [6.45, 7) is 4.66. The largest absolute Gasteiger partial charge is 0.336 e. The lowest BCUT2D eigenvalue weighted by Crippen LogP contribution is -2.46. The third kappa shape index (κ3) is 3.17. The van der Waals surface area contributed by atoms with E-state index in [0.29, 0.717) is 0 Å². The van der Waals surface area contributed by atoms with Crippen LogP contribution < -0.4 is 10.6 Å². The van der Waals surface area contributed by atoms with Gasteiger partial charge < -0.3 is 15.5 Å². The molecule has 6 heteroatoms. The highest BCUT2D eigenvalue weighted by atomic mass is 32.1. The number of hydrogen-bond donors (Lipinski definition) is 2. The maximum absolute atomic E-state index is 13.0. The molecule has 0 saturated carbocycles. The minimum Gasteiger partial charge on any atom is -0.336 e. The summed E-state index contributed by atoms with van der Waals surface area (Å²) in [6, 6.07) is 0. The van der Waals surface area contributed by atoms with Crippen LogP contribution in [0, 0.1) is 0 Å². The first-order chi connectivity index (χ1) is 10.7. The van der Waals surface area contributed by atoms with Gasteiger partial charge in [-0.1, -0.05) is 6.42 Å². The van der Waals surface area contributed by atoms with E-state index in [9.17, 15) is 9.59 Å². The molecule has 2 aliphatic rings.